The summed E-state index contributed by atoms with van der Waals surface area (Å²) in [6.45, 7) is 8.31. The van der Waals surface area contributed by atoms with E-state index in [-0.39, 0.29) is 0 Å². The van der Waals surface area contributed by atoms with E-state index in [1.54, 1.807) is 7.11 Å². The van der Waals surface area contributed by atoms with Crippen LogP contribution in [0.25, 0.3) is 0 Å². The average molecular weight is 253 g/mol. The molecule has 0 saturated heterocycles. The second-order valence-electron chi connectivity index (χ2n) is 5.25. The molecule has 1 aromatic heterocycles. The summed E-state index contributed by atoms with van der Waals surface area (Å²) in [6, 6.07) is 0.497. The van der Waals surface area contributed by atoms with Crippen LogP contribution in [-0.2, 0) is 4.74 Å². The van der Waals surface area contributed by atoms with Gasteiger partial charge in [-0.15, -0.1) is 0 Å². The summed E-state index contributed by atoms with van der Waals surface area (Å²) in [5.74, 6) is 1.74. The molecule has 0 aliphatic heterocycles. The Labute approximate surface area is 111 Å². The third-order valence-electron chi connectivity index (χ3n) is 3.14. The molecule has 0 spiro atoms. The van der Waals surface area contributed by atoms with Crippen molar-refractivity contribution in [2.75, 3.05) is 25.6 Å². The zero-order chi connectivity index (χ0) is 13.4. The van der Waals surface area contributed by atoms with Crippen molar-refractivity contribution in [1.29, 1.82) is 0 Å². The van der Waals surface area contributed by atoms with Gasteiger partial charge in [0.1, 0.15) is 0 Å². The predicted octanol–water partition coefficient (Wildman–Crippen LogP) is 3.33. The molecule has 104 valence electrons. The van der Waals surface area contributed by atoms with Crippen molar-refractivity contribution in [3.8, 4) is 0 Å². The second kappa shape index (κ2) is 8.14. The van der Waals surface area contributed by atoms with Crippen LogP contribution in [0, 0.1) is 5.92 Å². The van der Waals surface area contributed by atoms with Crippen molar-refractivity contribution in [2.45, 2.75) is 46.1 Å². The maximum atomic E-state index is 5.03. The van der Waals surface area contributed by atoms with Gasteiger partial charge in [-0.3, -0.25) is 0 Å². The van der Waals surface area contributed by atoms with E-state index in [1.807, 2.05) is 6.20 Å². The molecule has 1 rings (SSSR count). The lowest BCUT2D eigenvalue weighted by Gasteiger charge is -2.17. The Kier molecular flexibility index (Phi) is 6.80. The highest BCUT2D eigenvalue weighted by Gasteiger charge is 2.09. The molecule has 1 N–H and O–H groups in total. The summed E-state index contributed by atoms with van der Waals surface area (Å²) in [4.78, 5) is 4.35. The topological polar surface area (TPSA) is 39.1 Å². The molecule has 1 atom stereocenters. The van der Waals surface area contributed by atoms with Crippen LogP contribution in [-0.4, -0.2) is 29.8 Å². The van der Waals surface area contributed by atoms with Crippen LogP contribution in [0.5, 0.6) is 0 Å². The highest BCUT2D eigenvalue weighted by Crippen LogP contribution is 2.20. The number of hydrogen-bond acceptors (Lipinski definition) is 3. The molecule has 0 aromatic carbocycles. The molecule has 0 bridgehead atoms. The molecule has 0 saturated carbocycles. The first-order chi connectivity index (χ1) is 8.65. The lowest BCUT2D eigenvalue weighted by atomic mass is 10.0. The minimum atomic E-state index is 0.497. The quantitative estimate of drug-likeness (QED) is 0.686. The van der Waals surface area contributed by atoms with Crippen LogP contribution in [0.4, 0.5) is 5.95 Å². The van der Waals surface area contributed by atoms with Crippen molar-refractivity contribution in [3.05, 3.63) is 12.4 Å². The number of ether oxygens (including phenoxy) is 1. The highest BCUT2D eigenvalue weighted by atomic mass is 16.5. The first kappa shape index (κ1) is 15.0. The van der Waals surface area contributed by atoms with Crippen LogP contribution in [0.15, 0.2) is 12.4 Å². The Morgan fingerprint density at radius 1 is 1.33 bits per heavy atom. The van der Waals surface area contributed by atoms with E-state index < -0.39 is 0 Å². The molecule has 4 heteroatoms. The second-order valence-corrected chi connectivity index (χ2v) is 5.25. The molecule has 1 heterocycles. The molecule has 0 aliphatic rings. The van der Waals surface area contributed by atoms with Gasteiger partial charge in [-0.1, -0.05) is 26.7 Å². The summed E-state index contributed by atoms with van der Waals surface area (Å²) in [6.07, 6.45) is 7.68. The highest BCUT2D eigenvalue weighted by molar-refractivity contribution is 5.26. The standard InChI is InChI=1S/C14H27N3O/c1-12(2)6-5-7-13(3)17-10-8-15-14(17)16-9-11-18-4/h8,10,12-13H,5-7,9,11H2,1-4H3,(H,15,16). The summed E-state index contributed by atoms with van der Waals surface area (Å²) >= 11 is 0. The van der Waals surface area contributed by atoms with E-state index in [9.17, 15) is 0 Å². The molecular formula is C14H27N3O. The van der Waals surface area contributed by atoms with Gasteiger partial charge >= 0.3 is 0 Å². The molecule has 4 nitrogen and oxygen atoms in total. The number of anilines is 1. The summed E-state index contributed by atoms with van der Waals surface area (Å²) in [5.41, 5.74) is 0. The van der Waals surface area contributed by atoms with E-state index in [0.29, 0.717) is 12.6 Å². The van der Waals surface area contributed by atoms with Crippen LogP contribution in [0.2, 0.25) is 0 Å². The first-order valence-electron chi connectivity index (χ1n) is 6.90. The first-order valence-corrected chi connectivity index (χ1v) is 6.90. The zero-order valence-corrected chi connectivity index (χ0v) is 12.1. The van der Waals surface area contributed by atoms with Crippen LogP contribution in [0.3, 0.4) is 0 Å². The Balaban J connectivity index is 2.41. The lowest BCUT2D eigenvalue weighted by molar-refractivity contribution is 0.210. The lowest BCUT2D eigenvalue weighted by Crippen LogP contribution is -2.14. The largest absolute Gasteiger partial charge is 0.383 e. The van der Waals surface area contributed by atoms with Gasteiger partial charge in [0, 0.05) is 32.1 Å². The molecule has 0 aliphatic carbocycles. The molecule has 0 fully saturated rings. The van der Waals surface area contributed by atoms with Gasteiger partial charge in [-0.25, -0.2) is 4.98 Å². The van der Waals surface area contributed by atoms with Crippen molar-refractivity contribution in [1.82, 2.24) is 9.55 Å². The van der Waals surface area contributed by atoms with E-state index in [4.69, 9.17) is 4.74 Å². The summed E-state index contributed by atoms with van der Waals surface area (Å²) in [5, 5.41) is 3.30. The van der Waals surface area contributed by atoms with Gasteiger partial charge in [-0.05, 0) is 19.3 Å². The number of hydrogen-bond donors (Lipinski definition) is 1. The summed E-state index contributed by atoms with van der Waals surface area (Å²) < 4.78 is 7.25. The maximum Gasteiger partial charge on any atom is 0.203 e. The number of imidazole rings is 1. The van der Waals surface area contributed by atoms with E-state index in [0.717, 1.165) is 18.4 Å². The zero-order valence-electron chi connectivity index (χ0n) is 12.1. The van der Waals surface area contributed by atoms with E-state index in [2.05, 4.69) is 41.8 Å². The van der Waals surface area contributed by atoms with Crippen molar-refractivity contribution in [2.24, 2.45) is 5.92 Å². The van der Waals surface area contributed by atoms with E-state index in [1.165, 1.54) is 19.3 Å². The third-order valence-corrected chi connectivity index (χ3v) is 3.14. The smallest absolute Gasteiger partial charge is 0.203 e. The Bertz CT molecular complexity index is 323. The van der Waals surface area contributed by atoms with Gasteiger partial charge in [0.15, 0.2) is 0 Å². The fraction of sp³-hybridized carbons (Fsp3) is 0.786. The third kappa shape index (κ3) is 5.08. The molecule has 1 aromatic rings. The Morgan fingerprint density at radius 2 is 2.11 bits per heavy atom. The van der Waals surface area contributed by atoms with Gasteiger partial charge in [-0.2, -0.15) is 0 Å². The Hall–Kier alpha value is -1.03. The average Bonchev–Trinajstić information content (AvgIpc) is 2.77. The van der Waals surface area contributed by atoms with Gasteiger partial charge < -0.3 is 14.6 Å². The van der Waals surface area contributed by atoms with E-state index >= 15 is 0 Å². The molecule has 1 unspecified atom stereocenters. The minimum Gasteiger partial charge on any atom is -0.383 e. The van der Waals surface area contributed by atoms with Crippen LogP contribution < -0.4 is 5.32 Å². The number of methoxy groups -OCH3 is 1. The molecular weight excluding hydrogens is 226 g/mol. The van der Waals surface area contributed by atoms with Gasteiger partial charge in [0.2, 0.25) is 5.95 Å². The number of nitrogens with one attached hydrogen (secondary N) is 1. The van der Waals surface area contributed by atoms with Crippen molar-refractivity contribution in [3.63, 3.8) is 0 Å². The number of aromatic nitrogens is 2. The normalized spacial score (nSPS) is 12.9. The fourth-order valence-electron chi connectivity index (χ4n) is 2.03. The number of nitrogens with zero attached hydrogens (tertiary/aromatic N) is 2. The maximum absolute atomic E-state index is 5.03. The van der Waals surface area contributed by atoms with Crippen LogP contribution >= 0.6 is 0 Å². The van der Waals surface area contributed by atoms with Gasteiger partial charge in [0.05, 0.1) is 6.61 Å². The molecule has 0 radical (unpaired) electrons. The fourth-order valence-corrected chi connectivity index (χ4v) is 2.03. The predicted molar refractivity (Wildman–Crippen MR) is 76.0 cm³/mol. The van der Waals surface area contributed by atoms with Crippen molar-refractivity contribution >= 4 is 5.95 Å². The number of rotatable bonds is 9. The van der Waals surface area contributed by atoms with Crippen LogP contribution in [0.1, 0.15) is 46.1 Å². The molecule has 0 amide bonds. The SMILES string of the molecule is COCCNc1nccn1C(C)CCCC(C)C. The van der Waals surface area contributed by atoms with Gasteiger partial charge in [0.25, 0.3) is 0 Å². The Morgan fingerprint density at radius 3 is 2.78 bits per heavy atom. The molecule has 18 heavy (non-hydrogen) atoms. The minimum absolute atomic E-state index is 0.497. The monoisotopic (exact) mass is 253 g/mol. The summed E-state index contributed by atoms with van der Waals surface area (Å²) in [7, 11) is 1.71. The van der Waals surface area contributed by atoms with Crippen molar-refractivity contribution < 1.29 is 4.74 Å².